The Kier molecular flexibility index (Phi) is 3.22. The third kappa shape index (κ3) is 2.45. The minimum atomic E-state index is 0.356. The molecule has 86 valence electrons. The molecule has 18 heavy (non-hydrogen) atoms. The molecule has 0 unspecified atom stereocenters. The van der Waals surface area contributed by atoms with E-state index in [1.807, 2.05) is 19.1 Å². The third-order valence-electron chi connectivity index (χ3n) is 2.52. The Balaban J connectivity index is 2.34. The van der Waals surface area contributed by atoms with Gasteiger partial charge >= 0.3 is 0 Å². The van der Waals surface area contributed by atoms with Gasteiger partial charge in [0, 0.05) is 17.6 Å². The van der Waals surface area contributed by atoms with Crippen LogP contribution in [0.1, 0.15) is 16.8 Å². The van der Waals surface area contributed by atoms with Crippen molar-refractivity contribution in [2.24, 2.45) is 0 Å². The summed E-state index contributed by atoms with van der Waals surface area (Å²) in [6.45, 7) is 1.95. The van der Waals surface area contributed by atoms with E-state index in [1.54, 1.807) is 30.5 Å². The van der Waals surface area contributed by atoms with E-state index in [0.29, 0.717) is 11.3 Å². The Bertz CT molecular complexity index is 662. The summed E-state index contributed by atoms with van der Waals surface area (Å²) in [5.41, 5.74) is 3.61. The molecule has 0 radical (unpaired) electrons. The Morgan fingerprint density at radius 1 is 1.11 bits per heavy atom. The lowest BCUT2D eigenvalue weighted by atomic mass is 10.1. The van der Waals surface area contributed by atoms with Gasteiger partial charge in [0.05, 0.1) is 11.6 Å². The van der Waals surface area contributed by atoms with E-state index in [4.69, 9.17) is 10.5 Å². The van der Waals surface area contributed by atoms with E-state index in [9.17, 15) is 0 Å². The summed E-state index contributed by atoms with van der Waals surface area (Å²) >= 11 is 0. The lowest BCUT2D eigenvalue weighted by molar-refractivity contribution is 1.26. The van der Waals surface area contributed by atoms with Gasteiger partial charge in [-0.3, -0.25) is 0 Å². The zero-order chi connectivity index (χ0) is 13.0. The minimum Gasteiger partial charge on any atom is -0.355 e. The van der Waals surface area contributed by atoms with Gasteiger partial charge in [-0.1, -0.05) is 6.07 Å². The van der Waals surface area contributed by atoms with Crippen LogP contribution in [0.15, 0.2) is 36.5 Å². The zero-order valence-corrected chi connectivity index (χ0v) is 9.81. The van der Waals surface area contributed by atoms with E-state index in [1.165, 1.54) is 0 Å². The van der Waals surface area contributed by atoms with Gasteiger partial charge in [-0.25, -0.2) is 4.98 Å². The standard InChI is InChI=1S/C14H10N4/c1-10-2-3-11(8-15)6-14(10)18-12-4-5-17-13(7-12)9-16/h2-7H,1H3,(H,17,18). The molecule has 0 fully saturated rings. The molecule has 1 heterocycles. The number of nitriles is 2. The van der Waals surface area contributed by atoms with Crippen LogP contribution < -0.4 is 5.32 Å². The van der Waals surface area contributed by atoms with Gasteiger partial charge in [0.15, 0.2) is 0 Å². The normalized spacial score (nSPS) is 9.28. The van der Waals surface area contributed by atoms with E-state index in [0.717, 1.165) is 16.9 Å². The molecule has 1 aromatic heterocycles. The number of rotatable bonds is 2. The van der Waals surface area contributed by atoms with Crippen molar-refractivity contribution in [3.63, 3.8) is 0 Å². The maximum Gasteiger partial charge on any atom is 0.142 e. The average Bonchev–Trinajstić information content (AvgIpc) is 2.41. The van der Waals surface area contributed by atoms with E-state index in [-0.39, 0.29) is 0 Å². The number of pyridine rings is 1. The van der Waals surface area contributed by atoms with Gasteiger partial charge in [0.1, 0.15) is 11.8 Å². The van der Waals surface area contributed by atoms with E-state index < -0.39 is 0 Å². The lowest BCUT2D eigenvalue weighted by Gasteiger charge is -2.09. The fourth-order valence-electron chi connectivity index (χ4n) is 1.55. The van der Waals surface area contributed by atoms with Gasteiger partial charge < -0.3 is 5.32 Å². The molecule has 0 aliphatic heterocycles. The molecule has 0 atom stereocenters. The number of hydrogen-bond donors (Lipinski definition) is 1. The van der Waals surface area contributed by atoms with E-state index >= 15 is 0 Å². The molecule has 2 rings (SSSR count). The largest absolute Gasteiger partial charge is 0.355 e. The van der Waals surface area contributed by atoms with Crippen molar-refractivity contribution < 1.29 is 0 Å². The molecule has 1 N–H and O–H groups in total. The molecular weight excluding hydrogens is 224 g/mol. The molecule has 0 saturated carbocycles. The van der Waals surface area contributed by atoms with Crippen molar-refractivity contribution in [3.05, 3.63) is 53.3 Å². The maximum absolute atomic E-state index is 8.87. The first-order valence-corrected chi connectivity index (χ1v) is 5.37. The number of aryl methyl sites for hydroxylation is 1. The molecule has 0 aliphatic rings. The summed E-state index contributed by atoms with van der Waals surface area (Å²) in [6, 6.07) is 13.0. The molecule has 2 aromatic rings. The summed E-state index contributed by atoms with van der Waals surface area (Å²) in [7, 11) is 0. The third-order valence-corrected chi connectivity index (χ3v) is 2.52. The van der Waals surface area contributed by atoms with Crippen molar-refractivity contribution >= 4 is 11.4 Å². The Hall–Kier alpha value is -2.85. The number of anilines is 2. The van der Waals surface area contributed by atoms with E-state index in [2.05, 4.69) is 16.4 Å². The smallest absolute Gasteiger partial charge is 0.142 e. The molecule has 0 saturated heterocycles. The molecule has 0 aliphatic carbocycles. The molecule has 1 aromatic carbocycles. The highest BCUT2D eigenvalue weighted by Gasteiger charge is 2.02. The van der Waals surface area contributed by atoms with Crippen molar-refractivity contribution in [2.45, 2.75) is 6.92 Å². The zero-order valence-electron chi connectivity index (χ0n) is 9.81. The topological polar surface area (TPSA) is 72.5 Å². The highest BCUT2D eigenvalue weighted by Crippen LogP contribution is 2.21. The van der Waals surface area contributed by atoms with Gasteiger partial charge in [0.25, 0.3) is 0 Å². The molecule has 0 amide bonds. The lowest BCUT2D eigenvalue weighted by Crippen LogP contribution is -1.95. The second-order valence-electron chi connectivity index (χ2n) is 3.81. The number of hydrogen-bond acceptors (Lipinski definition) is 4. The second-order valence-corrected chi connectivity index (χ2v) is 3.81. The van der Waals surface area contributed by atoms with Crippen molar-refractivity contribution in [1.82, 2.24) is 4.98 Å². The van der Waals surface area contributed by atoms with Crippen LogP contribution in [0.5, 0.6) is 0 Å². The van der Waals surface area contributed by atoms with Crippen LogP contribution in [0.2, 0.25) is 0 Å². The first-order valence-electron chi connectivity index (χ1n) is 5.37. The monoisotopic (exact) mass is 234 g/mol. The Morgan fingerprint density at radius 2 is 1.94 bits per heavy atom. The second kappa shape index (κ2) is 4.99. The summed E-state index contributed by atoms with van der Waals surface area (Å²) in [5, 5.41) is 20.8. The molecular formula is C14H10N4. The molecule has 4 nitrogen and oxygen atoms in total. The highest BCUT2D eigenvalue weighted by atomic mass is 14.9. The molecule has 4 heteroatoms. The number of benzene rings is 1. The quantitative estimate of drug-likeness (QED) is 0.867. The summed E-state index contributed by atoms with van der Waals surface area (Å²) in [6.07, 6.45) is 1.57. The van der Waals surface area contributed by atoms with Crippen LogP contribution in [0.3, 0.4) is 0 Å². The van der Waals surface area contributed by atoms with Crippen molar-refractivity contribution in [2.75, 3.05) is 5.32 Å². The van der Waals surface area contributed by atoms with Crippen LogP contribution in [-0.4, -0.2) is 4.98 Å². The van der Waals surface area contributed by atoms with Crippen LogP contribution in [0, 0.1) is 29.6 Å². The van der Waals surface area contributed by atoms with Gasteiger partial charge in [-0.05, 0) is 36.8 Å². The summed E-state index contributed by atoms with van der Waals surface area (Å²) in [4.78, 5) is 3.90. The van der Waals surface area contributed by atoms with Gasteiger partial charge in [-0.2, -0.15) is 10.5 Å². The Labute approximate surface area is 105 Å². The first kappa shape index (κ1) is 11.6. The highest BCUT2D eigenvalue weighted by molar-refractivity contribution is 5.65. The minimum absolute atomic E-state index is 0.356. The number of nitrogens with one attached hydrogen (secondary N) is 1. The van der Waals surface area contributed by atoms with Gasteiger partial charge in [0.2, 0.25) is 0 Å². The van der Waals surface area contributed by atoms with Crippen LogP contribution in [-0.2, 0) is 0 Å². The van der Waals surface area contributed by atoms with Crippen LogP contribution in [0.25, 0.3) is 0 Å². The van der Waals surface area contributed by atoms with Crippen LogP contribution >= 0.6 is 0 Å². The number of aromatic nitrogens is 1. The van der Waals surface area contributed by atoms with Crippen molar-refractivity contribution in [3.8, 4) is 12.1 Å². The Morgan fingerprint density at radius 3 is 2.67 bits per heavy atom. The molecule has 0 bridgehead atoms. The predicted octanol–water partition coefficient (Wildman–Crippen LogP) is 2.88. The number of nitrogens with zero attached hydrogens (tertiary/aromatic N) is 3. The SMILES string of the molecule is Cc1ccc(C#N)cc1Nc1ccnc(C#N)c1. The van der Waals surface area contributed by atoms with Crippen molar-refractivity contribution in [1.29, 1.82) is 10.5 Å². The summed E-state index contributed by atoms with van der Waals surface area (Å²) < 4.78 is 0. The molecule has 0 spiro atoms. The summed E-state index contributed by atoms with van der Waals surface area (Å²) in [5.74, 6) is 0. The fraction of sp³-hybridized carbons (Fsp3) is 0.0714. The van der Waals surface area contributed by atoms with Crippen LogP contribution in [0.4, 0.5) is 11.4 Å². The maximum atomic E-state index is 8.87. The van der Waals surface area contributed by atoms with Gasteiger partial charge in [-0.15, -0.1) is 0 Å². The fourth-order valence-corrected chi connectivity index (χ4v) is 1.55. The average molecular weight is 234 g/mol. The predicted molar refractivity (Wildman–Crippen MR) is 68.1 cm³/mol. The first-order chi connectivity index (χ1) is 8.72.